The van der Waals surface area contributed by atoms with Crippen molar-refractivity contribution in [3.63, 3.8) is 0 Å². The average molecular weight is 362 g/mol. The third-order valence-electron chi connectivity index (χ3n) is 3.57. The summed E-state index contributed by atoms with van der Waals surface area (Å²) in [5.41, 5.74) is 0.994. The van der Waals surface area contributed by atoms with Gasteiger partial charge in [-0.15, -0.1) is 0 Å². The molecule has 0 radical (unpaired) electrons. The number of benzene rings is 1. The monoisotopic (exact) mass is 362 g/mol. The van der Waals surface area contributed by atoms with Crippen LogP contribution in [0.5, 0.6) is 23.5 Å². The Morgan fingerprint density at radius 2 is 1.73 bits per heavy atom. The highest BCUT2D eigenvalue weighted by Gasteiger charge is 2.25. The van der Waals surface area contributed by atoms with E-state index in [1.165, 1.54) is 34.4 Å². The molecule has 0 atom stereocenters. The average Bonchev–Trinajstić information content (AvgIpc) is 2.66. The molecule has 1 aromatic carbocycles. The lowest BCUT2D eigenvalue weighted by Gasteiger charge is -2.12. The predicted molar refractivity (Wildman–Crippen MR) is 90.7 cm³/mol. The molecule has 9 heteroatoms. The molecular weight excluding hydrogens is 342 g/mol. The maximum atomic E-state index is 12.3. The number of methoxy groups -OCH3 is 3. The molecule has 1 heterocycles. The van der Waals surface area contributed by atoms with Crippen molar-refractivity contribution in [3.05, 3.63) is 35.4 Å². The Bertz CT molecular complexity index is 824. The van der Waals surface area contributed by atoms with Gasteiger partial charge in [0.2, 0.25) is 17.5 Å². The number of rotatable bonds is 6. The van der Waals surface area contributed by atoms with Crippen molar-refractivity contribution in [3.8, 4) is 23.5 Å². The molecule has 2 aromatic rings. The van der Waals surface area contributed by atoms with E-state index in [1.54, 1.807) is 25.1 Å². The van der Waals surface area contributed by atoms with Gasteiger partial charge in [-0.25, -0.2) is 4.79 Å². The number of hydrogen-bond acceptors (Lipinski definition) is 8. The summed E-state index contributed by atoms with van der Waals surface area (Å²) < 4.78 is 21.6. The quantitative estimate of drug-likeness (QED) is 0.273. The Kier molecular flexibility index (Phi) is 5.94. The van der Waals surface area contributed by atoms with Crippen LogP contribution in [0.3, 0.4) is 0 Å². The zero-order valence-electron chi connectivity index (χ0n) is 15.1. The summed E-state index contributed by atoms with van der Waals surface area (Å²) in [6.45, 7) is 1.65. The lowest BCUT2D eigenvalue weighted by Crippen LogP contribution is -2.17. The molecule has 1 N–H and O–H groups in total. The molecule has 0 amide bonds. The van der Waals surface area contributed by atoms with Gasteiger partial charge in [0.1, 0.15) is 11.3 Å². The second kappa shape index (κ2) is 8.15. The molecule has 0 fully saturated rings. The number of nitrogens with zero attached hydrogens (tertiary/aromatic N) is 3. The summed E-state index contributed by atoms with van der Waals surface area (Å²) >= 11 is 0. The van der Waals surface area contributed by atoms with Crippen LogP contribution in [-0.2, 0) is 4.74 Å². The van der Waals surface area contributed by atoms with E-state index in [9.17, 15) is 10.0 Å². The molecule has 1 aromatic heterocycles. The van der Waals surface area contributed by atoms with Gasteiger partial charge >= 0.3 is 12.0 Å². The highest BCUT2D eigenvalue weighted by molar-refractivity contribution is 6.07. The Morgan fingerprint density at radius 1 is 1.12 bits per heavy atom. The van der Waals surface area contributed by atoms with Gasteiger partial charge in [0, 0.05) is 6.92 Å². The van der Waals surface area contributed by atoms with E-state index in [2.05, 4.69) is 9.97 Å². The molecule has 0 aliphatic heterocycles. The fourth-order valence-corrected chi connectivity index (χ4v) is 2.14. The van der Waals surface area contributed by atoms with E-state index in [1.807, 2.05) is 0 Å². The van der Waals surface area contributed by atoms with E-state index >= 15 is 0 Å². The topological polar surface area (TPSA) is 103 Å². The molecule has 0 saturated carbocycles. The largest absolute Gasteiger partial charge is 0.481 e. The molecule has 0 bridgehead atoms. The molecule has 2 rings (SSSR count). The number of aromatic nitrogens is 2. The standard InChI is InChI=1S/C17H20N3O6/c1-10(20(2)22)11-7-6-8-12(15(11)16(21)25-5)26-17-18-13(23-3)9-14(19-17)24-4/h6-9,22H,1-5H3/q+1. The normalized spacial score (nSPS) is 11.4. The number of hydroxylamine groups is 1. The van der Waals surface area contributed by atoms with Crippen LogP contribution in [0.4, 0.5) is 0 Å². The second-order valence-corrected chi connectivity index (χ2v) is 5.12. The minimum Gasteiger partial charge on any atom is -0.481 e. The van der Waals surface area contributed by atoms with E-state index < -0.39 is 5.97 Å². The predicted octanol–water partition coefficient (Wildman–Crippen LogP) is 1.91. The van der Waals surface area contributed by atoms with Crippen molar-refractivity contribution < 1.29 is 33.7 Å². The van der Waals surface area contributed by atoms with Crippen molar-refractivity contribution in [2.75, 3.05) is 28.4 Å². The van der Waals surface area contributed by atoms with Crippen LogP contribution in [0.2, 0.25) is 0 Å². The summed E-state index contributed by atoms with van der Waals surface area (Å²) in [6.07, 6.45) is 0. The van der Waals surface area contributed by atoms with Gasteiger partial charge in [0.15, 0.2) is 7.05 Å². The first-order chi connectivity index (χ1) is 12.4. The van der Waals surface area contributed by atoms with Gasteiger partial charge in [0.05, 0.1) is 33.0 Å². The smallest absolute Gasteiger partial charge is 0.342 e. The number of carbonyl (C=O) groups is 1. The summed E-state index contributed by atoms with van der Waals surface area (Å²) in [7, 11) is 5.59. The molecule has 0 aliphatic rings. The van der Waals surface area contributed by atoms with Crippen molar-refractivity contribution in [2.24, 2.45) is 0 Å². The fourth-order valence-electron chi connectivity index (χ4n) is 2.14. The first-order valence-electron chi connectivity index (χ1n) is 7.54. The zero-order valence-corrected chi connectivity index (χ0v) is 15.1. The highest BCUT2D eigenvalue weighted by Crippen LogP contribution is 2.29. The van der Waals surface area contributed by atoms with E-state index in [-0.39, 0.29) is 29.1 Å². The summed E-state index contributed by atoms with van der Waals surface area (Å²) in [5.74, 6) is -0.00145. The van der Waals surface area contributed by atoms with Crippen LogP contribution < -0.4 is 14.2 Å². The van der Waals surface area contributed by atoms with Crippen LogP contribution in [0.1, 0.15) is 22.8 Å². The van der Waals surface area contributed by atoms with Crippen LogP contribution in [-0.4, -0.2) is 60.0 Å². The van der Waals surface area contributed by atoms with E-state index in [0.29, 0.717) is 11.3 Å². The van der Waals surface area contributed by atoms with Gasteiger partial charge in [-0.3, -0.25) is 5.21 Å². The minimum absolute atomic E-state index is 0.0708. The summed E-state index contributed by atoms with van der Waals surface area (Å²) in [6, 6.07) is 6.31. The first kappa shape index (κ1) is 19.0. The van der Waals surface area contributed by atoms with Crippen molar-refractivity contribution in [2.45, 2.75) is 6.92 Å². The van der Waals surface area contributed by atoms with Crippen LogP contribution >= 0.6 is 0 Å². The first-order valence-corrected chi connectivity index (χ1v) is 7.54. The Balaban J connectivity index is 2.58. The molecule has 0 unspecified atom stereocenters. The second-order valence-electron chi connectivity index (χ2n) is 5.12. The van der Waals surface area contributed by atoms with Crippen LogP contribution in [0, 0.1) is 0 Å². The number of ether oxygens (including phenoxy) is 4. The molecule has 138 valence electrons. The van der Waals surface area contributed by atoms with E-state index in [4.69, 9.17) is 18.9 Å². The summed E-state index contributed by atoms with van der Waals surface area (Å²) in [5, 5.41) is 9.72. The Morgan fingerprint density at radius 3 is 2.23 bits per heavy atom. The van der Waals surface area contributed by atoms with Gasteiger partial charge in [-0.2, -0.15) is 9.97 Å². The third kappa shape index (κ3) is 4.00. The van der Waals surface area contributed by atoms with Crippen molar-refractivity contribution in [1.82, 2.24) is 9.97 Å². The fraction of sp³-hybridized carbons (Fsp3) is 0.294. The minimum atomic E-state index is -0.633. The third-order valence-corrected chi connectivity index (χ3v) is 3.57. The number of hydrogen-bond donors (Lipinski definition) is 1. The molecule has 26 heavy (non-hydrogen) atoms. The van der Waals surface area contributed by atoms with Gasteiger partial charge in [0.25, 0.3) is 0 Å². The number of carbonyl (C=O) groups excluding carboxylic acids is 1. The maximum absolute atomic E-state index is 12.3. The van der Waals surface area contributed by atoms with E-state index in [0.717, 1.165) is 4.74 Å². The molecule has 0 aliphatic carbocycles. The Hall–Kier alpha value is -3.36. The molecule has 9 nitrogen and oxygen atoms in total. The van der Waals surface area contributed by atoms with Crippen molar-refractivity contribution >= 4 is 11.7 Å². The van der Waals surface area contributed by atoms with Crippen molar-refractivity contribution in [1.29, 1.82) is 0 Å². The zero-order chi connectivity index (χ0) is 19.3. The van der Waals surface area contributed by atoms with Gasteiger partial charge in [-0.05, 0) is 16.9 Å². The lowest BCUT2D eigenvalue weighted by atomic mass is 10.0. The maximum Gasteiger partial charge on any atom is 0.342 e. The highest BCUT2D eigenvalue weighted by atomic mass is 16.5. The number of esters is 1. The van der Waals surface area contributed by atoms with Gasteiger partial charge < -0.3 is 18.9 Å². The lowest BCUT2D eigenvalue weighted by molar-refractivity contribution is -0.754. The van der Waals surface area contributed by atoms with Crippen LogP contribution in [0.25, 0.3) is 0 Å². The van der Waals surface area contributed by atoms with Gasteiger partial charge in [-0.1, -0.05) is 6.07 Å². The Labute approximate surface area is 150 Å². The molecule has 0 spiro atoms. The SMILES string of the molecule is COC(=O)c1c(Oc2nc(OC)cc(OC)n2)cccc1C(C)=[N+](C)O. The molecule has 0 saturated heterocycles. The summed E-state index contributed by atoms with van der Waals surface area (Å²) in [4.78, 5) is 20.5. The van der Waals surface area contributed by atoms with Crippen LogP contribution in [0.15, 0.2) is 24.3 Å². The molecular formula is C17H20N3O6+.